The van der Waals surface area contributed by atoms with Crippen LogP contribution in [-0.4, -0.2) is 30.7 Å². The lowest BCUT2D eigenvalue weighted by atomic mass is 10.6. The lowest BCUT2D eigenvalue weighted by molar-refractivity contribution is -0.138. The van der Waals surface area contributed by atoms with Crippen LogP contribution in [0.5, 0.6) is 0 Å². The van der Waals surface area contributed by atoms with Crippen LogP contribution in [-0.2, 0) is 9.53 Å². The lowest BCUT2D eigenvalue weighted by Crippen LogP contribution is -2.09. The van der Waals surface area contributed by atoms with Gasteiger partial charge in [-0.25, -0.2) is 14.8 Å². The van der Waals surface area contributed by atoms with E-state index in [1.807, 2.05) is 18.8 Å². The minimum atomic E-state index is -1.03. The molecule has 0 N–H and O–H groups in total. The molecule has 66 valence electrons. The summed E-state index contributed by atoms with van der Waals surface area (Å²) in [5.74, 6) is -1.70. The molecule has 0 saturated heterocycles. The molecule has 0 fully saturated rings. The van der Waals surface area contributed by atoms with E-state index in [4.69, 9.17) is 0 Å². The van der Waals surface area contributed by atoms with Crippen LogP contribution in [0.1, 0.15) is 0 Å². The van der Waals surface area contributed by atoms with Crippen LogP contribution in [0.25, 0.3) is 0 Å². The Morgan fingerprint density at radius 2 is 2.00 bits per heavy atom. The van der Waals surface area contributed by atoms with Gasteiger partial charge in [0.15, 0.2) is 0 Å². The maximum absolute atomic E-state index is 12.0. The quantitative estimate of drug-likeness (QED) is 0.488. The average Bonchev–Trinajstić information content (AvgIpc) is 1.80. The van der Waals surface area contributed by atoms with Crippen LogP contribution in [0.15, 0.2) is 12.4 Å². The first kappa shape index (κ1) is 10.5. The molecule has 0 bridgehead atoms. The van der Waals surface area contributed by atoms with Gasteiger partial charge in [-0.1, -0.05) is 6.58 Å². The van der Waals surface area contributed by atoms with Gasteiger partial charge in [-0.3, -0.25) is 0 Å². The largest absolute Gasteiger partial charge is 0.451 e. The minimum absolute atomic E-state index is 0.286. The molecule has 0 aliphatic rings. The molecule has 2 nitrogen and oxygen atoms in total. The van der Waals surface area contributed by atoms with Crippen molar-refractivity contribution in [1.82, 2.24) is 0 Å². The van der Waals surface area contributed by atoms with Gasteiger partial charge in [0.25, 0.3) is 0 Å². The van der Waals surface area contributed by atoms with Crippen LogP contribution in [0.3, 0.4) is 0 Å². The van der Waals surface area contributed by atoms with Crippen molar-refractivity contribution in [3.8, 4) is 0 Å². The normalized spacial score (nSPS) is 12.4. The molecule has 0 amide bonds. The summed E-state index contributed by atoms with van der Waals surface area (Å²) >= 11 is 0. The third kappa shape index (κ3) is 5.91. The fourth-order valence-corrected chi connectivity index (χ4v) is 0.769. The standard InChI is InChI=1S/C7H13FO2S/c1-6(8)7(9)10-5-11(2,3)4/h1,5H2,2-4H3. The van der Waals surface area contributed by atoms with Crippen molar-refractivity contribution >= 4 is 16.0 Å². The number of hydrogen-bond donors (Lipinski definition) is 0. The van der Waals surface area contributed by atoms with Crippen LogP contribution in [0.2, 0.25) is 0 Å². The summed E-state index contributed by atoms with van der Waals surface area (Å²) in [5, 5.41) is 0. The van der Waals surface area contributed by atoms with Gasteiger partial charge in [0, 0.05) is 0 Å². The first-order chi connectivity index (χ1) is 4.83. The third-order valence-corrected chi connectivity index (χ3v) is 1.59. The zero-order valence-electron chi connectivity index (χ0n) is 7.02. The van der Waals surface area contributed by atoms with Gasteiger partial charge in [-0.15, -0.1) is 0 Å². The number of carbonyl (C=O) groups is 1. The zero-order chi connectivity index (χ0) is 9.07. The molecule has 0 rings (SSSR count). The number of hydrogen-bond acceptors (Lipinski definition) is 2. The van der Waals surface area contributed by atoms with Gasteiger partial charge in [0.2, 0.25) is 5.83 Å². The molecular weight excluding hydrogens is 167 g/mol. The van der Waals surface area contributed by atoms with Crippen molar-refractivity contribution in [3.63, 3.8) is 0 Å². The molecule has 0 atom stereocenters. The molecule has 0 unspecified atom stereocenters. The first-order valence-corrected chi connectivity index (χ1v) is 6.03. The smallest absolute Gasteiger partial charge is 0.367 e. The summed E-state index contributed by atoms with van der Waals surface area (Å²) in [6, 6.07) is 0. The summed E-state index contributed by atoms with van der Waals surface area (Å²) in [6.45, 7) is 2.82. The molecule has 11 heavy (non-hydrogen) atoms. The summed E-state index contributed by atoms with van der Waals surface area (Å²) < 4.78 is 16.6. The summed E-state index contributed by atoms with van der Waals surface area (Å²) in [6.07, 6.45) is 5.92. The van der Waals surface area contributed by atoms with Crippen molar-refractivity contribution < 1.29 is 13.9 Å². The van der Waals surface area contributed by atoms with E-state index in [-0.39, 0.29) is 5.94 Å². The summed E-state index contributed by atoms with van der Waals surface area (Å²) in [7, 11) is -0.904. The molecular formula is C7H13FO2S. The molecule has 0 aliphatic carbocycles. The highest BCUT2D eigenvalue weighted by Crippen LogP contribution is 2.34. The van der Waals surface area contributed by atoms with Gasteiger partial charge < -0.3 is 4.74 Å². The fraction of sp³-hybridized carbons (Fsp3) is 0.571. The van der Waals surface area contributed by atoms with E-state index in [0.29, 0.717) is 0 Å². The highest BCUT2D eigenvalue weighted by molar-refractivity contribution is 8.32. The number of esters is 1. The van der Waals surface area contributed by atoms with Gasteiger partial charge >= 0.3 is 5.97 Å². The Balaban J connectivity index is 3.73. The number of carbonyl (C=O) groups excluding carboxylic acids is 1. The van der Waals surface area contributed by atoms with Crippen LogP contribution >= 0.6 is 10.0 Å². The first-order valence-electron chi connectivity index (χ1n) is 3.00. The fourth-order valence-electron chi connectivity index (χ4n) is 0.309. The summed E-state index contributed by atoms with van der Waals surface area (Å²) in [4.78, 5) is 10.5. The zero-order valence-corrected chi connectivity index (χ0v) is 7.83. The molecule has 0 heterocycles. The van der Waals surface area contributed by atoms with E-state index in [1.165, 1.54) is 0 Å². The van der Waals surface area contributed by atoms with Crippen molar-refractivity contribution in [2.45, 2.75) is 0 Å². The third-order valence-electron chi connectivity index (χ3n) is 0.765. The van der Waals surface area contributed by atoms with Crippen molar-refractivity contribution in [1.29, 1.82) is 0 Å². The monoisotopic (exact) mass is 180 g/mol. The highest BCUT2D eigenvalue weighted by Gasteiger charge is 2.11. The lowest BCUT2D eigenvalue weighted by Gasteiger charge is -2.23. The van der Waals surface area contributed by atoms with Crippen LogP contribution < -0.4 is 0 Å². The van der Waals surface area contributed by atoms with E-state index in [2.05, 4.69) is 11.3 Å². The van der Waals surface area contributed by atoms with Gasteiger partial charge in [0.05, 0.1) is 0 Å². The topological polar surface area (TPSA) is 26.3 Å². The van der Waals surface area contributed by atoms with Gasteiger partial charge in [0.1, 0.15) is 5.94 Å². The Labute approximate surface area is 67.7 Å². The average molecular weight is 180 g/mol. The molecule has 0 aliphatic heterocycles. The van der Waals surface area contributed by atoms with Crippen molar-refractivity contribution in [3.05, 3.63) is 12.4 Å². The summed E-state index contributed by atoms with van der Waals surface area (Å²) in [5.41, 5.74) is 0. The predicted octanol–water partition coefficient (Wildman–Crippen LogP) is 1.66. The SMILES string of the molecule is C=C(F)C(=O)OCS(C)(C)C. The number of rotatable bonds is 3. The molecule has 0 aromatic heterocycles. The molecule has 0 aromatic carbocycles. The van der Waals surface area contributed by atoms with E-state index in [0.717, 1.165) is 0 Å². The molecule has 0 spiro atoms. The van der Waals surface area contributed by atoms with Crippen molar-refractivity contribution in [2.24, 2.45) is 0 Å². The number of ether oxygens (including phenoxy) is 1. The second kappa shape index (κ2) is 3.76. The van der Waals surface area contributed by atoms with Crippen LogP contribution in [0.4, 0.5) is 4.39 Å². The van der Waals surface area contributed by atoms with E-state index < -0.39 is 21.8 Å². The Morgan fingerprint density at radius 1 is 1.55 bits per heavy atom. The Kier molecular flexibility index (Phi) is 3.58. The van der Waals surface area contributed by atoms with Gasteiger partial charge in [-0.05, 0) is 18.8 Å². The molecule has 0 radical (unpaired) electrons. The van der Waals surface area contributed by atoms with E-state index in [9.17, 15) is 9.18 Å². The number of halogens is 1. The van der Waals surface area contributed by atoms with E-state index in [1.54, 1.807) is 0 Å². The molecule has 0 aromatic rings. The Morgan fingerprint density at radius 3 is 2.27 bits per heavy atom. The second-order valence-electron chi connectivity index (χ2n) is 3.05. The Bertz CT molecular complexity index is 172. The highest BCUT2D eigenvalue weighted by atomic mass is 32.3. The van der Waals surface area contributed by atoms with E-state index >= 15 is 0 Å². The minimum Gasteiger partial charge on any atom is -0.451 e. The molecule has 4 heteroatoms. The van der Waals surface area contributed by atoms with Crippen molar-refractivity contribution in [2.75, 3.05) is 24.7 Å². The Hall–Kier alpha value is -0.510. The predicted molar refractivity (Wildman–Crippen MR) is 46.6 cm³/mol. The second-order valence-corrected chi connectivity index (χ2v) is 7.46. The van der Waals surface area contributed by atoms with Gasteiger partial charge in [-0.2, -0.15) is 4.39 Å². The maximum atomic E-state index is 12.0. The molecule has 0 saturated carbocycles. The maximum Gasteiger partial charge on any atom is 0.367 e. The van der Waals surface area contributed by atoms with Crippen LogP contribution in [0, 0.1) is 0 Å².